The van der Waals surface area contributed by atoms with Crippen molar-refractivity contribution in [2.75, 3.05) is 13.7 Å². The fraction of sp³-hybridized carbons (Fsp3) is 0.333. The molecule has 0 aliphatic carbocycles. The van der Waals surface area contributed by atoms with Crippen molar-refractivity contribution in [3.63, 3.8) is 0 Å². The zero-order chi connectivity index (χ0) is 7.98. The molecule has 0 bridgehead atoms. The maximum atomic E-state index is 10.6. The van der Waals surface area contributed by atoms with Crippen LogP contribution in [-0.4, -0.2) is 24.6 Å². The van der Waals surface area contributed by atoms with E-state index in [4.69, 9.17) is 5.26 Å². The van der Waals surface area contributed by atoms with Gasteiger partial charge >= 0.3 is 6.09 Å². The predicted molar refractivity (Wildman–Crippen MR) is 34.9 cm³/mol. The number of ether oxygens (including phenoxy) is 1. The first-order valence-electron chi connectivity index (χ1n) is 2.63. The number of carbonyl (C=O) groups excluding carboxylic acids is 1. The Balaban J connectivity index is 3.64. The van der Waals surface area contributed by atoms with Crippen LogP contribution in [0.3, 0.4) is 0 Å². The van der Waals surface area contributed by atoms with Gasteiger partial charge in [0.2, 0.25) is 0 Å². The Labute approximate surface area is 59.3 Å². The van der Waals surface area contributed by atoms with E-state index in [0.717, 1.165) is 4.90 Å². The van der Waals surface area contributed by atoms with E-state index in [1.165, 1.54) is 13.1 Å². The molecule has 0 aliphatic rings. The van der Waals surface area contributed by atoms with Crippen LogP contribution in [0.1, 0.15) is 0 Å². The van der Waals surface area contributed by atoms with Gasteiger partial charge in [0.05, 0.1) is 0 Å². The maximum absolute atomic E-state index is 10.6. The van der Waals surface area contributed by atoms with E-state index in [1.807, 2.05) is 0 Å². The second-order valence-corrected chi connectivity index (χ2v) is 1.52. The lowest BCUT2D eigenvalue weighted by molar-refractivity contribution is 0.136. The fourth-order valence-electron chi connectivity index (χ4n) is 0.268. The van der Waals surface area contributed by atoms with Crippen molar-refractivity contribution in [3.8, 4) is 6.19 Å². The monoisotopic (exact) mass is 140 g/mol. The van der Waals surface area contributed by atoms with Crippen LogP contribution in [0.25, 0.3) is 0 Å². The Bertz CT molecular complexity index is 171. The van der Waals surface area contributed by atoms with E-state index < -0.39 is 6.09 Å². The molecule has 0 unspecified atom stereocenters. The van der Waals surface area contributed by atoms with Gasteiger partial charge in [-0.05, 0) is 0 Å². The molecule has 1 amide bonds. The molecule has 10 heavy (non-hydrogen) atoms. The summed E-state index contributed by atoms with van der Waals surface area (Å²) in [5.74, 6) is 0. The van der Waals surface area contributed by atoms with Crippen molar-refractivity contribution in [2.24, 2.45) is 0 Å². The normalized spacial score (nSPS) is 7.60. The number of amides is 1. The summed E-state index contributed by atoms with van der Waals surface area (Å²) >= 11 is 0. The summed E-state index contributed by atoms with van der Waals surface area (Å²) in [4.78, 5) is 11.4. The van der Waals surface area contributed by atoms with Crippen molar-refractivity contribution in [2.45, 2.75) is 0 Å². The van der Waals surface area contributed by atoms with Gasteiger partial charge < -0.3 is 4.74 Å². The lowest BCUT2D eigenvalue weighted by atomic mass is 10.7. The SMILES string of the molecule is C=CCOC(=O)N(C)C#N. The van der Waals surface area contributed by atoms with Gasteiger partial charge in [0.25, 0.3) is 0 Å². The Hall–Kier alpha value is -1.50. The average Bonchev–Trinajstić information content (AvgIpc) is 1.98. The third-order valence-electron chi connectivity index (χ3n) is 0.749. The molecule has 0 aromatic heterocycles. The van der Waals surface area contributed by atoms with E-state index in [9.17, 15) is 4.79 Å². The second-order valence-electron chi connectivity index (χ2n) is 1.52. The van der Waals surface area contributed by atoms with Crippen LogP contribution < -0.4 is 0 Å². The summed E-state index contributed by atoms with van der Waals surface area (Å²) in [7, 11) is 1.32. The van der Waals surface area contributed by atoms with E-state index in [1.54, 1.807) is 6.19 Å². The molecule has 54 valence electrons. The summed E-state index contributed by atoms with van der Waals surface area (Å²) in [6.45, 7) is 3.47. The quantitative estimate of drug-likeness (QED) is 0.322. The van der Waals surface area contributed by atoms with Crippen LogP contribution in [0.15, 0.2) is 12.7 Å². The maximum Gasteiger partial charge on any atom is 0.423 e. The molecule has 0 atom stereocenters. The Morgan fingerprint density at radius 2 is 2.60 bits per heavy atom. The summed E-state index contributed by atoms with van der Waals surface area (Å²) in [6.07, 6.45) is 2.37. The van der Waals surface area contributed by atoms with Crippen LogP contribution in [0.5, 0.6) is 0 Å². The Kier molecular flexibility index (Phi) is 3.73. The first-order chi connectivity index (χ1) is 4.72. The number of hydrogen-bond acceptors (Lipinski definition) is 3. The minimum absolute atomic E-state index is 0.130. The van der Waals surface area contributed by atoms with Gasteiger partial charge in [-0.2, -0.15) is 5.26 Å². The number of carbonyl (C=O) groups is 1. The minimum atomic E-state index is -0.664. The molecule has 0 heterocycles. The molecule has 0 N–H and O–H groups in total. The van der Waals surface area contributed by atoms with Gasteiger partial charge in [-0.3, -0.25) is 0 Å². The van der Waals surface area contributed by atoms with E-state index in [0.29, 0.717) is 0 Å². The second kappa shape index (κ2) is 4.39. The van der Waals surface area contributed by atoms with Crippen LogP contribution in [0.2, 0.25) is 0 Å². The summed E-state index contributed by atoms with van der Waals surface area (Å²) < 4.78 is 4.49. The first-order valence-corrected chi connectivity index (χ1v) is 2.63. The van der Waals surface area contributed by atoms with E-state index in [2.05, 4.69) is 11.3 Å². The Morgan fingerprint density at radius 1 is 2.00 bits per heavy atom. The molecular formula is C6H8N2O2. The molecule has 0 spiro atoms. The van der Waals surface area contributed by atoms with Gasteiger partial charge in [-0.1, -0.05) is 12.7 Å². The molecule has 0 fully saturated rings. The number of rotatable bonds is 2. The lowest BCUT2D eigenvalue weighted by Gasteiger charge is -2.04. The zero-order valence-electron chi connectivity index (χ0n) is 5.70. The van der Waals surface area contributed by atoms with Crippen LogP contribution >= 0.6 is 0 Å². The van der Waals surface area contributed by atoms with Gasteiger partial charge in [-0.25, -0.2) is 9.69 Å². The van der Waals surface area contributed by atoms with Crippen molar-refractivity contribution in [3.05, 3.63) is 12.7 Å². The van der Waals surface area contributed by atoms with Crippen LogP contribution in [0.4, 0.5) is 4.79 Å². The van der Waals surface area contributed by atoms with Crippen molar-refractivity contribution >= 4 is 6.09 Å². The van der Waals surface area contributed by atoms with Gasteiger partial charge in [0, 0.05) is 7.05 Å². The highest BCUT2D eigenvalue weighted by molar-refractivity contribution is 5.68. The summed E-state index contributed by atoms with van der Waals surface area (Å²) in [6, 6.07) is 0. The van der Waals surface area contributed by atoms with Crippen molar-refractivity contribution < 1.29 is 9.53 Å². The molecular weight excluding hydrogens is 132 g/mol. The minimum Gasteiger partial charge on any atom is -0.444 e. The molecule has 0 aliphatic heterocycles. The molecule has 0 saturated carbocycles. The zero-order valence-corrected chi connectivity index (χ0v) is 5.70. The van der Waals surface area contributed by atoms with Gasteiger partial charge in [0.1, 0.15) is 6.61 Å². The molecule has 0 aromatic rings. The highest BCUT2D eigenvalue weighted by atomic mass is 16.6. The number of nitrogens with zero attached hydrogens (tertiary/aromatic N) is 2. The van der Waals surface area contributed by atoms with E-state index in [-0.39, 0.29) is 6.61 Å². The molecule has 0 rings (SSSR count). The standard InChI is InChI=1S/C6H8N2O2/c1-3-4-10-6(9)8(2)5-7/h3H,1,4H2,2H3. The Morgan fingerprint density at radius 3 is 3.00 bits per heavy atom. The predicted octanol–water partition coefficient (Wildman–Crippen LogP) is 0.722. The van der Waals surface area contributed by atoms with Gasteiger partial charge in [0.15, 0.2) is 6.19 Å². The highest BCUT2D eigenvalue weighted by Crippen LogP contribution is 1.86. The smallest absolute Gasteiger partial charge is 0.423 e. The third kappa shape index (κ3) is 2.72. The lowest BCUT2D eigenvalue weighted by Crippen LogP contribution is -2.22. The molecule has 0 saturated heterocycles. The largest absolute Gasteiger partial charge is 0.444 e. The topological polar surface area (TPSA) is 53.3 Å². The summed E-state index contributed by atoms with van der Waals surface area (Å²) in [5, 5.41) is 8.15. The molecule has 4 nitrogen and oxygen atoms in total. The molecule has 0 radical (unpaired) electrons. The van der Waals surface area contributed by atoms with Crippen LogP contribution in [0, 0.1) is 11.5 Å². The first kappa shape index (κ1) is 8.50. The van der Waals surface area contributed by atoms with Gasteiger partial charge in [-0.15, -0.1) is 0 Å². The highest BCUT2D eigenvalue weighted by Gasteiger charge is 2.05. The van der Waals surface area contributed by atoms with Crippen LogP contribution in [-0.2, 0) is 4.74 Å². The number of nitriles is 1. The van der Waals surface area contributed by atoms with Crippen molar-refractivity contribution in [1.29, 1.82) is 5.26 Å². The molecule has 4 heteroatoms. The summed E-state index contributed by atoms with van der Waals surface area (Å²) in [5.41, 5.74) is 0. The van der Waals surface area contributed by atoms with Crippen molar-refractivity contribution in [1.82, 2.24) is 4.90 Å². The fourth-order valence-corrected chi connectivity index (χ4v) is 0.268. The average molecular weight is 140 g/mol. The molecule has 0 aromatic carbocycles. The number of hydrogen-bond donors (Lipinski definition) is 0. The third-order valence-corrected chi connectivity index (χ3v) is 0.749. The van der Waals surface area contributed by atoms with E-state index >= 15 is 0 Å².